The fourth-order valence-electron chi connectivity index (χ4n) is 2.60. The summed E-state index contributed by atoms with van der Waals surface area (Å²) >= 11 is 0. The van der Waals surface area contributed by atoms with Crippen molar-refractivity contribution >= 4 is 0 Å². The fourth-order valence-corrected chi connectivity index (χ4v) is 2.60. The van der Waals surface area contributed by atoms with Gasteiger partial charge in [0.05, 0.1) is 0 Å². The number of hydrogen-bond acceptors (Lipinski definition) is 5. The van der Waals surface area contributed by atoms with Crippen molar-refractivity contribution < 1.29 is 0 Å². The normalized spacial score (nSPS) is 19.4. The van der Waals surface area contributed by atoms with Crippen LogP contribution in [-0.4, -0.2) is 46.3 Å². The van der Waals surface area contributed by atoms with Crippen LogP contribution in [0.3, 0.4) is 0 Å². The van der Waals surface area contributed by atoms with Gasteiger partial charge >= 0.3 is 0 Å². The van der Waals surface area contributed by atoms with Gasteiger partial charge in [0.15, 0.2) is 0 Å². The molecule has 0 radical (unpaired) electrons. The van der Waals surface area contributed by atoms with Crippen LogP contribution < -0.4 is 27.4 Å². The van der Waals surface area contributed by atoms with E-state index in [-0.39, 0.29) is 46.3 Å². The Labute approximate surface area is 157 Å². The first-order valence-electron chi connectivity index (χ1n) is 9.70. The Hall–Kier alpha value is -0.200. The molecule has 5 heteroatoms. The van der Waals surface area contributed by atoms with E-state index in [9.17, 15) is 0 Å². The monoisotopic (exact) mass is 357 g/mol. The molecule has 0 saturated carbocycles. The van der Waals surface area contributed by atoms with E-state index >= 15 is 0 Å². The van der Waals surface area contributed by atoms with Gasteiger partial charge < -0.3 is 27.4 Å². The highest BCUT2D eigenvalue weighted by molar-refractivity contribution is 5.02. The SMILES string of the molecule is CC(NC(C)(C)C(C)NC(C)(C)C(C)NC(C)(C)C(C)N)C(C)(C)N. The van der Waals surface area contributed by atoms with Crippen LogP contribution in [0.1, 0.15) is 83.1 Å². The van der Waals surface area contributed by atoms with E-state index in [2.05, 4.69) is 92.1 Å². The van der Waals surface area contributed by atoms with E-state index < -0.39 is 0 Å². The zero-order valence-corrected chi connectivity index (χ0v) is 19.0. The summed E-state index contributed by atoms with van der Waals surface area (Å²) in [6, 6.07) is 0.807. The third kappa shape index (κ3) is 7.51. The molecule has 0 aromatic carbocycles. The molecule has 0 heterocycles. The second-order valence-electron chi connectivity index (χ2n) is 10.4. The van der Waals surface area contributed by atoms with Gasteiger partial charge in [0.25, 0.3) is 0 Å². The predicted octanol–water partition coefficient (Wildman–Crippen LogP) is 2.34. The molecule has 0 aliphatic carbocycles. The molecule has 0 rings (SSSR count). The van der Waals surface area contributed by atoms with Gasteiger partial charge in [-0.1, -0.05) is 0 Å². The first kappa shape index (κ1) is 24.8. The molecule has 0 amide bonds. The Kier molecular flexibility index (Phi) is 8.15. The largest absolute Gasteiger partial charge is 0.326 e. The van der Waals surface area contributed by atoms with Crippen molar-refractivity contribution in [3.05, 3.63) is 0 Å². The van der Waals surface area contributed by atoms with E-state index in [0.29, 0.717) is 0 Å². The quantitative estimate of drug-likeness (QED) is 0.414. The standard InChI is InChI=1S/C20H47N5/c1-13(21)18(7,8)24-15(3)20(11,12)25-16(4)19(9,10)23-14(2)17(5,6)22/h13-16,23-25H,21-22H2,1-12H3. The molecular weight excluding hydrogens is 310 g/mol. The van der Waals surface area contributed by atoms with Gasteiger partial charge in [0, 0.05) is 46.3 Å². The maximum absolute atomic E-state index is 6.25. The van der Waals surface area contributed by atoms with Crippen LogP contribution in [0.2, 0.25) is 0 Å². The summed E-state index contributed by atoms with van der Waals surface area (Å²) in [5, 5.41) is 11.2. The third-order valence-corrected chi connectivity index (χ3v) is 6.18. The van der Waals surface area contributed by atoms with E-state index in [1.165, 1.54) is 0 Å². The summed E-state index contributed by atoms with van der Waals surface area (Å²) in [5.41, 5.74) is 11.8. The zero-order chi connectivity index (χ0) is 20.4. The van der Waals surface area contributed by atoms with Gasteiger partial charge in [0.1, 0.15) is 0 Å². The summed E-state index contributed by atoms with van der Waals surface area (Å²) < 4.78 is 0. The smallest absolute Gasteiger partial charge is 0.0278 e. The molecule has 152 valence electrons. The van der Waals surface area contributed by atoms with Crippen molar-refractivity contribution in [1.82, 2.24) is 16.0 Å². The van der Waals surface area contributed by atoms with Gasteiger partial charge in [-0.15, -0.1) is 0 Å². The summed E-state index contributed by atoms with van der Waals surface area (Å²) in [4.78, 5) is 0. The number of nitrogens with two attached hydrogens (primary N) is 2. The molecular formula is C20H47N5. The average molecular weight is 358 g/mol. The Morgan fingerprint density at radius 1 is 0.560 bits per heavy atom. The maximum atomic E-state index is 6.25. The lowest BCUT2D eigenvalue weighted by atomic mass is 9.85. The summed E-state index contributed by atoms with van der Waals surface area (Å²) in [5.74, 6) is 0. The highest BCUT2D eigenvalue weighted by Gasteiger charge is 2.37. The topological polar surface area (TPSA) is 88.1 Å². The van der Waals surface area contributed by atoms with Gasteiger partial charge in [-0.2, -0.15) is 0 Å². The molecule has 5 nitrogen and oxygen atoms in total. The van der Waals surface area contributed by atoms with Crippen molar-refractivity contribution in [1.29, 1.82) is 0 Å². The molecule has 0 aliphatic heterocycles. The first-order valence-corrected chi connectivity index (χ1v) is 9.70. The van der Waals surface area contributed by atoms with Crippen molar-refractivity contribution in [3.8, 4) is 0 Å². The third-order valence-electron chi connectivity index (χ3n) is 6.18. The Balaban J connectivity index is 5.02. The number of rotatable bonds is 10. The minimum atomic E-state index is -0.261. The molecule has 0 bridgehead atoms. The summed E-state index contributed by atoms with van der Waals surface area (Å²) in [6.45, 7) is 26.0. The molecule has 7 N–H and O–H groups in total. The molecule has 4 unspecified atom stereocenters. The first-order chi connectivity index (χ1) is 10.8. The Bertz CT molecular complexity index is 407. The van der Waals surface area contributed by atoms with Crippen molar-refractivity contribution in [3.63, 3.8) is 0 Å². The summed E-state index contributed by atoms with van der Waals surface area (Å²) in [7, 11) is 0. The van der Waals surface area contributed by atoms with Crippen molar-refractivity contribution in [2.45, 2.75) is 129 Å². The van der Waals surface area contributed by atoms with Crippen LogP contribution >= 0.6 is 0 Å². The molecule has 0 fully saturated rings. The van der Waals surface area contributed by atoms with Crippen molar-refractivity contribution in [2.24, 2.45) is 11.5 Å². The van der Waals surface area contributed by atoms with Gasteiger partial charge in [-0.05, 0) is 83.1 Å². The molecule has 4 atom stereocenters. The van der Waals surface area contributed by atoms with Gasteiger partial charge in [-0.3, -0.25) is 0 Å². The molecule has 0 aromatic rings. The molecule has 0 saturated heterocycles. The lowest BCUT2D eigenvalue weighted by Crippen LogP contribution is -2.69. The van der Waals surface area contributed by atoms with E-state index in [4.69, 9.17) is 11.5 Å². The van der Waals surface area contributed by atoms with Gasteiger partial charge in [-0.25, -0.2) is 0 Å². The highest BCUT2D eigenvalue weighted by atomic mass is 15.2. The number of nitrogens with one attached hydrogen (secondary N) is 3. The molecule has 0 aliphatic rings. The molecule has 0 aromatic heterocycles. The predicted molar refractivity (Wildman–Crippen MR) is 112 cm³/mol. The van der Waals surface area contributed by atoms with Crippen molar-refractivity contribution in [2.75, 3.05) is 0 Å². The molecule has 0 spiro atoms. The van der Waals surface area contributed by atoms with Crippen LogP contribution in [0, 0.1) is 0 Å². The minimum absolute atomic E-state index is 0.0777. The van der Waals surface area contributed by atoms with E-state index in [1.54, 1.807) is 0 Å². The zero-order valence-electron chi connectivity index (χ0n) is 19.0. The van der Waals surface area contributed by atoms with Crippen LogP contribution in [0.25, 0.3) is 0 Å². The van der Waals surface area contributed by atoms with Crippen LogP contribution in [0.5, 0.6) is 0 Å². The van der Waals surface area contributed by atoms with Crippen LogP contribution in [-0.2, 0) is 0 Å². The highest BCUT2D eigenvalue weighted by Crippen LogP contribution is 2.20. The Morgan fingerprint density at radius 3 is 1.12 bits per heavy atom. The Morgan fingerprint density at radius 2 is 0.840 bits per heavy atom. The maximum Gasteiger partial charge on any atom is 0.0278 e. The van der Waals surface area contributed by atoms with Crippen LogP contribution in [0.15, 0.2) is 0 Å². The van der Waals surface area contributed by atoms with Gasteiger partial charge in [0.2, 0.25) is 0 Å². The fraction of sp³-hybridized carbons (Fsp3) is 1.00. The lowest BCUT2D eigenvalue weighted by molar-refractivity contribution is 0.160. The van der Waals surface area contributed by atoms with E-state index in [1.807, 2.05) is 6.92 Å². The molecule has 25 heavy (non-hydrogen) atoms. The second kappa shape index (κ2) is 8.22. The second-order valence-corrected chi connectivity index (χ2v) is 10.4. The van der Waals surface area contributed by atoms with Crippen LogP contribution in [0.4, 0.5) is 0 Å². The minimum Gasteiger partial charge on any atom is -0.326 e. The van der Waals surface area contributed by atoms with E-state index in [0.717, 1.165) is 0 Å². The summed E-state index contributed by atoms with van der Waals surface area (Å²) in [6.07, 6.45) is 0. The average Bonchev–Trinajstić information content (AvgIpc) is 2.35. The number of hydrogen-bond donors (Lipinski definition) is 5. The lowest BCUT2D eigenvalue weighted by Gasteiger charge is -2.46.